The molecule has 0 aromatic heterocycles. The van der Waals surface area contributed by atoms with Gasteiger partial charge in [-0.25, -0.2) is 4.79 Å². The molecule has 1 aromatic carbocycles. The first kappa shape index (κ1) is 17.1. The molecule has 122 valence electrons. The number of hydrogen-bond acceptors (Lipinski definition) is 2. The van der Waals surface area contributed by atoms with Gasteiger partial charge in [0.1, 0.15) is 5.75 Å². The van der Waals surface area contributed by atoms with Crippen LogP contribution in [0.1, 0.15) is 36.8 Å². The molecule has 1 aliphatic rings. The van der Waals surface area contributed by atoms with Crippen molar-refractivity contribution in [2.75, 3.05) is 19.7 Å². The summed E-state index contributed by atoms with van der Waals surface area (Å²) in [6.45, 7) is 6.21. The van der Waals surface area contributed by atoms with Gasteiger partial charge in [0.25, 0.3) is 0 Å². The number of piperidine rings is 1. The number of nitrogens with zero attached hydrogens (tertiary/aromatic N) is 1. The van der Waals surface area contributed by atoms with Crippen LogP contribution in [0.15, 0.2) is 16.6 Å². The molecular weight excluding hydrogens is 346 g/mol. The second-order valence-electron chi connectivity index (χ2n) is 6.07. The zero-order valence-corrected chi connectivity index (χ0v) is 14.9. The van der Waals surface area contributed by atoms with Gasteiger partial charge in [-0.1, -0.05) is 15.9 Å². The molecule has 1 amide bonds. The van der Waals surface area contributed by atoms with Crippen LogP contribution in [-0.4, -0.2) is 35.8 Å². The van der Waals surface area contributed by atoms with Crippen molar-refractivity contribution >= 4 is 22.0 Å². The Balaban J connectivity index is 1.69. The van der Waals surface area contributed by atoms with Crippen molar-refractivity contribution in [2.45, 2.75) is 39.5 Å². The summed E-state index contributed by atoms with van der Waals surface area (Å²) < 4.78 is 6.99. The van der Waals surface area contributed by atoms with Crippen LogP contribution >= 0.6 is 15.9 Å². The SMILES string of the molecule is Cc1cc(OCCCC2CCN(C(=O)O)CC2)cc(C)c1Br. The third kappa shape index (κ3) is 4.63. The van der Waals surface area contributed by atoms with Gasteiger partial charge >= 0.3 is 6.09 Å². The quantitative estimate of drug-likeness (QED) is 0.770. The molecule has 1 heterocycles. The van der Waals surface area contributed by atoms with E-state index in [1.54, 1.807) is 0 Å². The van der Waals surface area contributed by atoms with Gasteiger partial charge in [-0.15, -0.1) is 0 Å². The molecule has 0 aliphatic carbocycles. The Labute approximate surface area is 140 Å². The highest BCUT2D eigenvalue weighted by Gasteiger charge is 2.21. The minimum Gasteiger partial charge on any atom is -0.494 e. The topological polar surface area (TPSA) is 49.8 Å². The summed E-state index contributed by atoms with van der Waals surface area (Å²) in [5, 5.41) is 8.93. The Morgan fingerprint density at radius 1 is 1.32 bits per heavy atom. The molecule has 1 aliphatic heterocycles. The highest BCUT2D eigenvalue weighted by atomic mass is 79.9. The molecule has 5 heteroatoms. The molecule has 0 radical (unpaired) electrons. The van der Waals surface area contributed by atoms with E-state index in [1.165, 1.54) is 16.0 Å². The maximum atomic E-state index is 10.9. The van der Waals surface area contributed by atoms with Crippen LogP contribution in [0, 0.1) is 19.8 Å². The lowest BCUT2D eigenvalue weighted by Gasteiger charge is -2.29. The minimum atomic E-state index is -0.789. The average molecular weight is 370 g/mol. The Morgan fingerprint density at radius 2 is 1.91 bits per heavy atom. The fraction of sp³-hybridized carbons (Fsp3) is 0.588. The zero-order valence-electron chi connectivity index (χ0n) is 13.3. The number of hydrogen-bond donors (Lipinski definition) is 1. The van der Waals surface area contributed by atoms with Gasteiger partial charge in [0, 0.05) is 17.6 Å². The van der Waals surface area contributed by atoms with Gasteiger partial charge in [-0.2, -0.15) is 0 Å². The van der Waals surface area contributed by atoms with E-state index in [1.807, 2.05) is 0 Å². The molecule has 1 aromatic rings. The molecule has 0 atom stereocenters. The highest BCUT2D eigenvalue weighted by Crippen LogP contribution is 2.27. The number of carbonyl (C=O) groups is 1. The summed E-state index contributed by atoms with van der Waals surface area (Å²) >= 11 is 3.56. The first-order valence-corrected chi connectivity index (χ1v) is 8.64. The van der Waals surface area contributed by atoms with E-state index in [4.69, 9.17) is 9.84 Å². The minimum absolute atomic E-state index is 0.632. The Hall–Kier alpha value is -1.23. The molecular formula is C17H24BrNO3. The molecule has 1 fully saturated rings. The Morgan fingerprint density at radius 3 is 2.45 bits per heavy atom. The first-order chi connectivity index (χ1) is 10.5. The number of halogens is 1. The van der Waals surface area contributed by atoms with Gasteiger partial charge in [0.15, 0.2) is 0 Å². The number of likely N-dealkylation sites (tertiary alicyclic amines) is 1. The smallest absolute Gasteiger partial charge is 0.407 e. The maximum Gasteiger partial charge on any atom is 0.407 e. The Kier molecular flexibility index (Phi) is 6.12. The van der Waals surface area contributed by atoms with E-state index in [0.717, 1.165) is 42.5 Å². The number of aryl methyl sites for hydroxylation is 2. The van der Waals surface area contributed by atoms with E-state index in [9.17, 15) is 4.79 Å². The molecule has 0 saturated carbocycles. The Bertz CT molecular complexity index is 502. The van der Waals surface area contributed by atoms with Gasteiger partial charge in [0.2, 0.25) is 0 Å². The van der Waals surface area contributed by atoms with Gasteiger partial charge in [-0.05, 0) is 68.7 Å². The molecule has 0 spiro atoms. The third-order valence-corrected chi connectivity index (χ3v) is 5.57. The highest BCUT2D eigenvalue weighted by molar-refractivity contribution is 9.10. The molecule has 1 saturated heterocycles. The fourth-order valence-corrected chi connectivity index (χ4v) is 3.19. The fourth-order valence-electron chi connectivity index (χ4n) is 2.96. The first-order valence-electron chi connectivity index (χ1n) is 7.85. The van der Waals surface area contributed by atoms with E-state index in [2.05, 4.69) is 41.9 Å². The van der Waals surface area contributed by atoms with Crippen molar-refractivity contribution < 1.29 is 14.6 Å². The summed E-state index contributed by atoms with van der Waals surface area (Å²) in [6, 6.07) is 4.12. The summed E-state index contributed by atoms with van der Waals surface area (Å²) in [5.74, 6) is 1.56. The van der Waals surface area contributed by atoms with Crippen LogP contribution in [0.25, 0.3) is 0 Å². The maximum absolute atomic E-state index is 10.9. The molecule has 2 rings (SSSR count). The molecule has 1 N–H and O–H groups in total. The summed E-state index contributed by atoms with van der Waals surface area (Å²) in [6.07, 6.45) is 3.29. The second kappa shape index (κ2) is 7.86. The van der Waals surface area contributed by atoms with Crippen LogP contribution < -0.4 is 4.74 Å². The predicted octanol–water partition coefficient (Wildman–Crippen LogP) is 4.61. The van der Waals surface area contributed by atoms with Crippen molar-refractivity contribution in [3.8, 4) is 5.75 Å². The summed E-state index contributed by atoms with van der Waals surface area (Å²) in [5.41, 5.74) is 2.38. The van der Waals surface area contributed by atoms with Crippen LogP contribution in [0.2, 0.25) is 0 Å². The second-order valence-corrected chi connectivity index (χ2v) is 6.87. The number of ether oxygens (including phenoxy) is 1. The number of amides is 1. The van der Waals surface area contributed by atoms with Gasteiger partial charge < -0.3 is 14.7 Å². The van der Waals surface area contributed by atoms with E-state index < -0.39 is 6.09 Å². The van der Waals surface area contributed by atoms with E-state index >= 15 is 0 Å². The van der Waals surface area contributed by atoms with Crippen LogP contribution in [0.5, 0.6) is 5.75 Å². The lowest BCUT2D eigenvalue weighted by atomic mass is 9.92. The van der Waals surface area contributed by atoms with Crippen molar-refractivity contribution in [2.24, 2.45) is 5.92 Å². The molecule has 4 nitrogen and oxygen atoms in total. The zero-order chi connectivity index (χ0) is 16.1. The molecule has 22 heavy (non-hydrogen) atoms. The van der Waals surface area contributed by atoms with Crippen LogP contribution in [0.4, 0.5) is 4.79 Å². The summed E-state index contributed by atoms with van der Waals surface area (Å²) in [7, 11) is 0. The standard InChI is InChI=1S/C17H24BrNO3/c1-12-10-15(11-13(2)16(12)18)22-9-3-4-14-5-7-19(8-6-14)17(20)21/h10-11,14H,3-9H2,1-2H3,(H,20,21). The van der Waals surface area contributed by atoms with Crippen molar-refractivity contribution in [1.29, 1.82) is 0 Å². The van der Waals surface area contributed by atoms with Gasteiger partial charge in [-0.3, -0.25) is 0 Å². The largest absolute Gasteiger partial charge is 0.494 e. The van der Waals surface area contributed by atoms with Crippen molar-refractivity contribution in [1.82, 2.24) is 4.90 Å². The van der Waals surface area contributed by atoms with Crippen LogP contribution in [0.3, 0.4) is 0 Å². The van der Waals surface area contributed by atoms with Crippen molar-refractivity contribution in [3.63, 3.8) is 0 Å². The number of rotatable bonds is 5. The van der Waals surface area contributed by atoms with Crippen LogP contribution in [-0.2, 0) is 0 Å². The van der Waals surface area contributed by atoms with E-state index in [0.29, 0.717) is 19.0 Å². The normalized spacial score (nSPS) is 15.9. The van der Waals surface area contributed by atoms with E-state index in [-0.39, 0.29) is 0 Å². The lowest BCUT2D eigenvalue weighted by Crippen LogP contribution is -2.37. The lowest BCUT2D eigenvalue weighted by molar-refractivity contribution is 0.121. The third-order valence-electron chi connectivity index (χ3n) is 4.32. The van der Waals surface area contributed by atoms with Crippen molar-refractivity contribution in [3.05, 3.63) is 27.7 Å². The molecule has 0 bridgehead atoms. The average Bonchev–Trinajstić information content (AvgIpc) is 2.49. The molecule has 0 unspecified atom stereocenters. The number of benzene rings is 1. The predicted molar refractivity (Wildman–Crippen MR) is 90.7 cm³/mol. The number of carboxylic acid groups (broad SMARTS) is 1. The summed E-state index contributed by atoms with van der Waals surface area (Å²) in [4.78, 5) is 12.4. The monoisotopic (exact) mass is 369 g/mol. The van der Waals surface area contributed by atoms with Gasteiger partial charge in [0.05, 0.1) is 6.61 Å².